The Hall–Kier alpha value is -0.0451. The fourth-order valence-electron chi connectivity index (χ4n) is 1.93. The van der Waals surface area contributed by atoms with Gasteiger partial charge in [0, 0.05) is 8.95 Å². The molecule has 0 unspecified atom stereocenters. The Bertz CT molecular complexity index is 557. The van der Waals surface area contributed by atoms with Crippen LogP contribution in [0.25, 0.3) is 0 Å². The maximum Gasteiger partial charge on any atom is 0.496 e. The van der Waals surface area contributed by atoms with Gasteiger partial charge >= 0.3 is 13.3 Å². The summed E-state index contributed by atoms with van der Waals surface area (Å²) in [7, 11) is -0.849. The van der Waals surface area contributed by atoms with Crippen molar-refractivity contribution < 1.29 is 22.5 Å². The highest BCUT2D eigenvalue weighted by molar-refractivity contribution is 9.11. The molecule has 0 spiro atoms. The fraction of sp³-hybridized carbons (Fsp3) is 0.538. The maximum atomic E-state index is 13.0. The third-order valence-electron chi connectivity index (χ3n) is 3.90. The molecule has 1 fully saturated rings. The standard InChI is InChI=1S/C13H14BBr2F3O2/c1-11(2)12(3,4)21-14(20-11)8-5-7(13(17,18)19)9(15)6-10(8)16/h5-6H,1-4H3. The summed E-state index contributed by atoms with van der Waals surface area (Å²) in [6, 6.07) is 2.42. The van der Waals surface area contributed by atoms with E-state index in [9.17, 15) is 13.2 Å². The van der Waals surface area contributed by atoms with E-state index in [0.717, 1.165) is 6.07 Å². The van der Waals surface area contributed by atoms with Crippen molar-refractivity contribution >= 4 is 44.4 Å². The highest BCUT2D eigenvalue weighted by Gasteiger charge is 2.52. The van der Waals surface area contributed by atoms with Crippen LogP contribution < -0.4 is 5.46 Å². The summed E-state index contributed by atoms with van der Waals surface area (Å²) in [5, 5.41) is 0. The molecule has 1 aliphatic heterocycles. The smallest absolute Gasteiger partial charge is 0.399 e. The second-order valence-electron chi connectivity index (χ2n) is 5.94. The van der Waals surface area contributed by atoms with Crippen molar-refractivity contribution in [2.75, 3.05) is 0 Å². The van der Waals surface area contributed by atoms with Crippen molar-refractivity contribution in [3.05, 3.63) is 26.6 Å². The van der Waals surface area contributed by atoms with Gasteiger partial charge in [0.15, 0.2) is 0 Å². The lowest BCUT2D eigenvalue weighted by molar-refractivity contribution is -0.138. The Morgan fingerprint density at radius 1 is 0.952 bits per heavy atom. The molecule has 0 aromatic heterocycles. The van der Waals surface area contributed by atoms with Gasteiger partial charge in [-0.25, -0.2) is 0 Å². The van der Waals surface area contributed by atoms with E-state index in [4.69, 9.17) is 9.31 Å². The molecule has 1 aromatic carbocycles. The summed E-state index contributed by atoms with van der Waals surface area (Å²) < 4.78 is 51.2. The molecule has 2 nitrogen and oxygen atoms in total. The number of alkyl halides is 3. The van der Waals surface area contributed by atoms with E-state index in [-0.39, 0.29) is 4.47 Å². The van der Waals surface area contributed by atoms with Crippen molar-refractivity contribution in [1.29, 1.82) is 0 Å². The normalized spacial score (nSPS) is 20.9. The van der Waals surface area contributed by atoms with E-state index in [1.165, 1.54) is 6.07 Å². The average Bonchev–Trinajstić information content (AvgIpc) is 2.45. The van der Waals surface area contributed by atoms with Crippen LogP contribution in [0.5, 0.6) is 0 Å². The lowest BCUT2D eigenvalue weighted by atomic mass is 9.78. The van der Waals surface area contributed by atoms with Crippen LogP contribution in [-0.2, 0) is 15.5 Å². The monoisotopic (exact) mass is 428 g/mol. The first kappa shape index (κ1) is 17.3. The third-order valence-corrected chi connectivity index (χ3v) is 5.24. The maximum absolute atomic E-state index is 13.0. The molecule has 1 saturated heterocycles. The second kappa shape index (κ2) is 5.25. The van der Waals surface area contributed by atoms with Crippen LogP contribution in [0.15, 0.2) is 21.1 Å². The minimum Gasteiger partial charge on any atom is -0.399 e. The SMILES string of the molecule is CC1(C)OB(c2cc(C(F)(F)F)c(Br)cc2Br)OC1(C)C. The van der Waals surface area contributed by atoms with Gasteiger partial charge in [0.05, 0.1) is 16.8 Å². The molecule has 2 rings (SSSR count). The molecule has 0 radical (unpaired) electrons. The van der Waals surface area contributed by atoms with Crippen molar-refractivity contribution in [3.8, 4) is 0 Å². The molecule has 0 saturated carbocycles. The minimum absolute atomic E-state index is 0.0258. The molecule has 21 heavy (non-hydrogen) atoms. The molecular weight excluding hydrogens is 416 g/mol. The largest absolute Gasteiger partial charge is 0.496 e. The number of benzene rings is 1. The van der Waals surface area contributed by atoms with Crippen LogP contribution in [0, 0.1) is 0 Å². The van der Waals surface area contributed by atoms with Gasteiger partial charge in [0.2, 0.25) is 0 Å². The number of halogens is 5. The van der Waals surface area contributed by atoms with Crippen molar-refractivity contribution in [1.82, 2.24) is 0 Å². The van der Waals surface area contributed by atoms with Gasteiger partial charge in [-0.05, 0) is 45.3 Å². The molecule has 116 valence electrons. The Morgan fingerprint density at radius 3 is 1.86 bits per heavy atom. The van der Waals surface area contributed by atoms with Crippen LogP contribution in [0.1, 0.15) is 33.3 Å². The van der Waals surface area contributed by atoms with Gasteiger partial charge in [0.1, 0.15) is 0 Å². The number of rotatable bonds is 1. The first-order chi connectivity index (χ1) is 9.35. The summed E-state index contributed by atoms with van der Waals surface area (Å²) in [6.07, 6.45) is -4.45. The number of hydrogen-bond acceptors (Lipinski definition) is 2. The molecule has 8 heteroatoms. The van der Waals surface area contributed by atoms with E-state index >= 15 is 0 Å². The van der Waals surface area contributed by atoms with Gasteiger partial charge in [-0.15, -0.1) is 0 Å². The molecule has 1 aliphatic rings. The molecule has 0 atom stereocenters. The zero-order valence-corrected chi connectivity index (χ0v) is 15.1. The summed E-state index contributed by atoms with van der Waals surface area (Å²) in [5.74, 6) is 0. The Kier molecular flexibility index (Phi) is 4.33. The highest BCUT2D eigenvalue weighted by Crippen LogP contribution is 2.39. The van der Waals surface area contributed by atoms with Gasteiger partial charge in [0.25, 0.3) is 0 Å². The van der Waals surface area contributed by atoms with E-state index in [1.54, 1.807) is 0 Å². The summed E-state index contributed by atoms with van der Waals surface area (Å²) in [4.78, 5) is 0. The van der Waals surface area contributed by atoms with Gasteiger partial charge in [-0.3, -0.25) is 0 Å². The summed E-state index contributed by atoms with van der Waals surface area (Å²) in [5.41, 5.74) is -1.65. The first-order valence-corrected chi connectivity index (χ1v) is 7.85. The van der Waals surface area contributed by atoms with Crippen LogP contribution in [0.4, 0.5) is 13.2 Å². The Balaban J connectivity index is 2.47. The van der Waals surface area contributed by atoms with Gasteiger partial charge < -0.3 is 9.31 Å². The summed E-state index contributed by atoms with van der Waals surface area (Å²) in [6.45, 7) is 7.41. The quantitative estimate of drug-likeness (QED) is 0.611. The van der Waals surface area contributed by atoms with Gasteiger partial charge in [-0.1, -0.05) is 31.9 Å². The molecule has 0 amide bonds. The van der Waals surface area contributed by atoms with Gasteiger partial charge in [-0.2, -0.15) is 13.2 Å². The molecule has 0 aliphatic carbocycles. The Labute approximate surface area is 138 Å². The van der Waals surface area contributed by atoms with Crippen molar-refractivity contribution in [3.63, 3.8) is 0 Å². The van der Waals surface area contributed by atoms with E-state index in [2.05, 4.69) is 31.9 Å². The van der Waals surface area contributed by atoms with E-state index in [1.807, 2.05) is 27.7 Å². The predicted octanol–water partition coefficient (Wildman–Crippen LogP) is 4.53. The molecule has 1 heterocycles. The fourth-order valence-corrected chi connectivity index (χ4v) is 3.34. The predicted molar refractivity (Wildman–Crippen MR) is 82.6 cm³/mol. The topological polar surface area (TPSA) is 18.5 Å². The molecule has 0 bridgehead atoms. The minimum atomic E-state index is -4.45. The molecular formula is C13H14BBr2F3O2. The molecule has 1 aromatic rings. The summed E-state index contributed by atoms with van der Waals surface area (Å²) >= 11 is 6.21. The van der Waals surface area contributed by atoms with Crippen LogP contribution >= 0.6 is 31.9 Å². The second-order valence-corrected chi connectivity index (χ2v) is 7.65. The third kappa shape index (κ3) is 3.18. The Morgan fingerprint density at radius 2 is 1.43 bits per heavy atom. The first-order valence-electron chi connectivity index (χ1n) is 6.27. The van der Waals surface area contributed by atoms with E-state index in [0.29, 0.717) is 9.94 Å². The van der Waals surface area contributed by atoms with Crippen molar-refractivity contribution in [2.24, 2.45) is 0 Å². The van der Waals surface area contributed by atoms with Crippen LogP contribution in [-0.4, -0.2) is 18.3 Å². The average molecular weight is 430 g/mol. The lowest BCUT2D eigenvalue weighted by Gasteiger charge is -2.32. The lowest BCUT2D eigenvalue weighted by Crippen LogP contribution is -2.41. The highest BCUT2D eigenvalue weighted by atomic mass is 79.9. The van der Waals surface area contributed by atoms with Crippen molar-refractivity contribution in [2.45, 2.75) is 45.1 Å². The van der Waals surface area contributed by atoms with Crippen LogP contribution in [0.3, 0.4) is 0 Å². The molecule has 0 N–H and O–H groups in total. The zero-order valence-electron chi connectivity index (χ0n) is 11.9. The van der Waals surface area contributed by atoms with E-state index < -0.39 is 30.1 Å². The number of hydrogen-bond donors (Lipinski definition) is 0. The van der Waals surface area contributed by atoms with Crippen LogP contribution in [0.2, 0.25) is 0 Å². The zero-order chi connectivity index (χ0) is 16.2.